The molecule has 1 aromatic carbocycles. The Labute approximate surface area is 161 Å². The lowest BCUT2D eigenvalue weighted by molar-refractivity contribution is -0.142. The van der Waals surface area contributed by atoms with Gasteiger partial charge in [-0.1, -0.05) is 6.92 Å². The number of methoxy groups -OCH3 is 1. The standard InChI is InChI=1S/C21H30N2O4/c1-16-9-11-21(26-2,12-10-16)20(25)22-17-5-7-18(8-6-17)27-15-19(24)23-13-3-4-14-23/h5-8,16H,3-4,9-15H2,1-2H3,(H,22,25). The molecular formula is C21H30N2O4. The van der Waals surface area contributed by atoms with E-state index in [1.54, 1.807) is 31.4 Å². The van der Waals surface area contributed by atoms with Crippen LogP contribution in [0.15, 0.2) is 24.3 Å². The van der Waals surface area contributed by atoms with Gasteiger partial charge in [0.1, 0.15) is 11.4 Å². The molecule has 2 fully saturated rings. The van der Waals surface area contributed by atoms with Crippen molar-refractivity contribution in [2.75, 3.05) is 32.1 Å². The summed E-state index contributed by atoms with van der Waals surface area (Å²) in [6.45, 7) is 3.92. The topological polar surface area (TPSA) is 67.9 Å². The molecular weight excluding hydrogens is 344 g/mol. The molecule has 0 atom stereocenters. The summed E-state index contributed by atoms with van der Waals surface area (Å²) < 4.78 is 11.2. The quantitative estimate of drug-likeness (QED) is 0.830. The van der Waals surface area contributed by atoms with Crippen molar-refractivity contribution in [2.24, 2.45) is 5.92 Å². The highest BCUT2D eigenvalue weighted by Gasteiger charge is 2.41. The highest BCUT2D eigenvalue weighted by Crippen LogP contribution is 2.35. The minimum atomic E-state index is -0.732. The summed E-state index contributed by atoms with van der Waals surface area (Å²) in [6.07, 6.45) is 5.63. The maximum Gasteiger partial charge on any atom is 0.260 e. The van der Waals surface area contributed by atoms with Gasteiger partial charge in [0.15, 0.2) is 6.61 Å². The molecule has 2 aliphatic rings. The van der Waals surface area contributed by atoms with Gasteiger partial charge in [0.25, 0.3) is 11.8 Å². The van der Waals surface area contributed by atoms with Crippen LogP contribution in [0.3, 0.4) is 0 Å². The van der Waals surface area contributed by atoms with Crippen LogP contribution >= 0.6 is 0 Å². The van der Waals surface area contributed by atoms with Crippen molar-refractivity contribution in [2.45, 2.75) is 51.0 Å². The fraction of sp³-hybridized carbons (Fsp3) is 0.619. The molecule has 148 valence electrons. The molecule has 3 rings (SSSR count). The summed E-state index contributed by atoms with van der Waals surface area (Å²) in [5, 5.41) is 2.96. The summed E-state index contributed by atoms with van der Waals surface area (Å²) in [7, 11) is 1.61. The highest BCUT2D eigenvalue weighted by molar-refractivity contribution is 5.97. The van der Waals surface area contributed by atoms with Gasteiger partial charge in [0.2, 0.25) is 0 Å². The third-order valence-corrected chi connectivity index (χ3v) is 5.82. The summed E-state index contributed by atoms with van der Waals surface area (Å²) in [4.78, 5) is 26.6. The number of hydrogen-bond acceptors (Lipinski definition) is 4. The first-order chi connectivity index (χ1) is 13.0. The van der Waals surface area contributed by atoms with E-state index < -0.39 is 5.60 Å². The maximum absolute atomic E-state index is 12.8. The molecule has 1 N–H and O–H groups in total. The number of hydrogen-bond donors (Lipinski definition) is 1. The van der Waals surface area contributed by atoms with E-state index in [0.717, 1.165) is 51.6 Å². The molecule has 0 unspecified atom stereocenters. The van der Waals surface area contributed by atoms with Gasteiger partial charge in [-0.25, -0.2) is 0 Å². The Balaban J connectivity index is 1.52. The van der Waals surface area contributed by atoms with Crippen LogP contribution < -0.4 is 10.1 Å². The normalized spacial score (nSPS) is 25.3. The Kier molecular flexibility index (Phi) is 6.37. The Morgan fingerprint density at radius 3 is 2.37 bits per heavy atom. The smallest absolute Gasteiger partial charge is 0.260 e. The fourth-order valence-corrected chi connectivity index (χ4v) is 3.83. The molecule has 27 heavy (non-hydrogen) atoms. The predicted octanol–water partition coefficient (Wildman–Crippen LogP) is 3.22. The molecule has 6 heteroatoms. The van der Waals surface area contributed by atoms with E-state index >= 15 is 0 Å². The Morgan fingerprint density at radius 1 is 1.15 bits per heavy atom. The molecule has 1 aromatic rings. The zero-order valence-corrected chi connectivity index (χ0v) is 16.3. The van der Waals surface area contributed by atoms with Crippen molar-refractivity contribution >= 4 is 17.5 Å². The van der Waals surface area contributed by atoms with Crippen LogP contribution in [-0.4, -0.2) is 49.1 Å². The zero-order valence-electron chi connectivity index (χ0n) is 16.3. The molecule has 1 heterocycles. The van der Waals surface area contributed by atoms with E-state index in [1.807, 2.05) is 4.90 Å². The maximum atomic E-state index is 12.8. The lowest BCUT2D eigenvalue weighted by Gasteiger charge is -2.36. The Bertz CT molecular complexity index is 645. The van der Waals surface area contributed by atoms with Crippen molar-refractivity contribution in [3.05, 3.63) is 24.3 Å². The van der Waals surface area contributed by atoms with Crippen LogP contribution in [0.2, 0.25) is 0 Å². The number of nitrogens with zero attached hydrogens (tertiary/aromatic N) is 1. The second-order valence-electron chi connectivity index (χ2n) is 7.74. The number of nitrogens with one attached hydrogen (secondary N) is 1. The number of carbonyl (C=O) groups excluding carboxylic acids is 2. The summed E-state index contributed by atoms with van der Waals surface area (Å²) in [5.74, 6) is 1.20. The van der Waals surface area contributed by atoms with Crippen molar-refractivity contribution in [3.8, 4) is 5.75 Å². The zero-order chi connectivity index (χ0) is 19.3. The number of ether oxygens (including phenoxy) is 2. The molecule has 6 nitrogen and oxygen atoms in total. The minimum Gasteiger partial charge on any atom is -0.484 e. The number of rotatable bonds is 6. The van der Waals surface area contributed by atoms with Crippen LogP contribution in [-0.2, 0) is 14.3 Å². The van der Waals surface area contributed by atoms with Gasteiger partial charge < -0.3 is 19.7 Å². The molecule has 2 amide bonds. The minimum absolute atomic E-state index is 0.0263. The first-order valence-electron chi connectivity index (χ1n) is 9.90. The summed E-state index contributed by atoms with van der Waals surface area (Å²) in [6, 6.07) is 7.13. The average molecular weight is 374 g/mol. The molecule has 1 aliphatic heterocycles. The van der Waals surface area contributed by atoms with E-state index in [4.69, 9.17) is 9.47 Å². The van der Waals surface area contributed by atoms with Gasteiger partial charge in [-0.05, 0) is 68.7 Å². The SMILES string of the molecule is COC1(C(=O)Nc2ccc(OCC(=O)N3CCCC3)cc2)CCC(C)CC1. The molecule has 0 bridgehead atoms. The fourth-order valence-electron chi connectivity index (χ4n) is 3.83. The van der Waals surface area contributed by atoms with Crippen LogP contribution in [0.1, 0.15) is 45.4 Å². The van der Waals surface area contributed by atoms with E-state index in [0.29, 0.717) is 17.4 Å². The Hall–Kier alpha value is -2.08. The molecule has 1 saturated carbocycles. The monoisotopic (exact) mass is 374 g/mol. The van der Waals surface area contributed by atoms with E-state index in [2.05, 4.69) is 12.2 Å². The van der Waals surface area contributed by atoms with Gasteiger partial charge in [0, 0.05) is 25.9 Å². The van der Waals surface area contributed by atoms with Gasteiger partial charge in [-0.2, -0.15) is 0 Å². The summed E-state index contributed by atoms with van der Waals surface area (Å²) >= 11 is 0. The lowest BCUT2D eigenvalue weighted by Crippen LogP contribution is -2.47. The third-order valence-electron chi connectivity index (χ3n) is 5.82. The average Bonchev–Trinajstić information content (AvgIpc) is 3.23. The van der Waals surface area contributed by atoms with Gasteiger partial charge in [0.05, 0.1) is 0 Å². The number of amides is 2. The van der Waals surface area contributed by atoms with E-state index in [9.17, 15) is 9.59 Å². The van der Waals surface area contributed by atoms with Crippen LogP contribution in [0, 0.1) is 5.92 Å². The summed E-state index contributed by atoms with van der Waals surface area (Å²) in [5.41, 5.74) is -0.0302. The predicted molar refractivity (Wildman–Crippen MR) is 104 cm³/mol. The van der Waals surface area contributed by atoms with E-state index in [1.165, 1.54) is 0 Å². The van der Waals surface area contributed by atoms with Crippen molar-refractivity contribution in [3.63, 3.8) is 0 Å². The molecule has 1 saturated heterocycles. The second-order valence-corrected chi connectivity index (χ2v) is 7.74. The Morgan fingerprint density at radius 2 is 1.78 bits per heavy atom. The van der Waals surface area contributed by atoms with E-state index in [-0.39, 0.29) is 18.4 Å². The number of likely N-dealkylation sites (tertiary alicyclic amines) is 1. The first kappa shape index (κ1) is 19.7. The van der Waals surface area contributed by atoms with Crippen LogP contribution in [0.5, 0.6) is 5.75 Å². The largest absolute Gasteiger partial charge is 0.484 e. The molecule has 1 aliphatic carbocycles. The molecule has 0 radical (unpaired) electrons. The molecule has 0 aromatic heterocycles. The van der Waals surface area contributed by atoms with Gasteiger partial charge in [-0.3, -0.25) is 9.59 Å². The number of anilines is 1. The first-order valence-corrected chi connectivity index (χ1v) is 9.90. The van der Waals surface area contributed by atoms with Crippen molar-refractivity contribution in [1.82, 2.24) is 4.90 Å². The van der Waals surface area contributed by atoms with Crippen LogP contribution in [0.4, 0.5) is 5.69 Å². The van der Waals surface area contributed by atoms with Gasteiger partial charge in [-0.15, -0.1) is 0 Å². The van der Waals surface area contributed by atoms with Crippen LogP contribution in [0.25, 0.3) is 0 Å². The second kappa shape index (κ2) is 8.74. The lowest BCUT2D eigenvalue weighted by atomic mass is 9.79. The highest BCUT2D eigenvalue weighted by atomic mass is 16.5. The van der Waals surface area contributed by atoms with Crippen molar-refractivity contribution < 1.29 is 19.1 Å². The third kappa shape index (κ3) is 4.80. The number of carbonyl (C=O) groups is 2. The van der Waals surface area contributed by atoms with Crippen molar-refractivity contribution in [1.29, 1.82) is 0 Å². The van der Waals surface area contributed by atoms with Gasteiger partial charge >= 0.3 is 0 Å². The molecule has 0 spiro atoms. The number of benzene rings is 1.